The summed E-state index contributed by atoms with van der Waals surface area (Å²) in [6.45, 7) is 1.30. The van der Waals surface area contributed by atoms with Crippen molar-refractivity contribution in [3.63, 3.8) is 0 Å². The van der Waals surface area contributed by atoms with Crippen LogP contribution < -0.4 is 0 Å². The maximum absolute atomic E-state index is 15.0. The lowest BCUT2D eigenvalue weighted by Crippen LogP contribution is -2.45. The van der Waals surface area contributed by atoms with Gasteiger partial charge in [0.15, 0.2) is 4.75 Å². The Morgan fingerprint density at radius 1 is 1.33 bits per heavy atom. The minimum absolute atomic E-state index is 0.371. The fourth-order valence-electron chi connectivity index (χ4n) is 4.45. The second kappa shape index (κ2) is 5.61. The molecule has 24 heavy (non-hydrogen) atoms. The Morgan fingerprint density at radius 2 is 2.17 bits per heavy atom. The number of aliphatic imine (C=N–C) groups is 1. The van der Waals surface area contributed by atoms with Gasteiger partial charge >= 0.3 is 5.92 Å². The van der Waals surface area contributed by atoms with Crippen LogP contribution in [0.1, 0.15) is 44.7 Å². The van der Waals surface area contributed by atoms with Crippen LogP contribution in [0.4, 0.5) is 8.78 Å². The number of halogens is 2. The van der Waals surface area contributed by atoms with E-state index in [9.17, 15) is 13.6 Å². The average Bonchev–Trinajstić information content (AvgIpc) is 3.24. The summed E-state index contributed by atoms with van der Waals surface area (Å²) >= 11 is 0.948. The highest BCUT2D eigenvalue weighted by molar-refractivity contribution is 8.16. The zero-order valence-corrected chi connectivity index (χ0v) is 14.4. The van der Waals surface area contributed by atoms with Gasteiger partial charge in [-0.25, -0.2) is 4.99 Å². The highest BCUT2D eigenvalue weighted by atomic mass is 32.2. The molecule has 2 fully saturated rings. The van der Waals surface area contributed by atoms with Crippen molar-refractivity contribution < 1.29 is 13.6 Å². The minimum Gasteiger partial charge on any atom is -0.271 e. The highest BCUT2D eigenvalue weighted by Crippen LogP contribution is 2.54. The molecule has 0 spiro atoms. The van der Waals surface area contributed by atoms with E-state index in [-0.39, 0.29) is 5.69 Å². The summed E-state index contributed by atoms with van der Waals surface area (Å²) < 4.78 is 28.0. The molecule has 0 aromatic carbocycles. The number of thioether (sulfide) groups is 1. The Hall–Kier alpha value is -1.30. The van der Waals surface area contributed by atoms with Gasteiger partial charge < -0.3 is 0 Å². The number of carbonyl (C=O) groups is 1. The molecule has 0 N–H and O–H groups in total. The fourth-order valence-corrected chi connectivity index (χ4v) is 5.71. The van der Waals surface area contributed by atoms with E-state index in [1.165, 1.54) is 44.5 Å². The molecule has 1 aromatic rings. The Bertz CT molecular complexity index is 694. The molecule has 2 saturated carbocycles. The van der Waals surface area contributed by atoms with Crippen LogP contribution in [0.25, 0.3) is 0 Å². The summed E-state index contributed by atoms with van der Waals surface area (Å²) in [5, 5.41) is 0.579. The van der Waals surface area contributed by atoms with Crippen molar-refractivity contribution >= 4 is 22.7 Å². The van der Waals surface area contributed by atoms with E-state index in [0.717, 1.165) is 24.1 Å². The first-order valence-electron chi connectivity index (χ1n) is 8.50. The molecule has 4 rings (SSSR count). The van der Waals surface area contributed by atoms with E-state index in [0.29, 0.717) is 23.3 Å². The third-order valence-corrected chi connectivity index (χ3v) is 7.20. The maximum Gasteiger partial charge on any atom is 0.313 e. The predicted octanol–water partition coefficient (Wildman–Crippen LogP) is 4.43. The molecule has 4 atom stereocenters. The normalized spacial score (nSPS) is 35.5. The van der Waals surface area contributed by atoms with Gasteiger partial charge in [0, 0.05) is 6.20 Å². The molecule has 1 aliphatic heterocycles. The SMILES string of the molecule is CC1(C(F)(F)c2ccccn2)SC(C[C@H]2C[C@@H]3CC[C@H]2C3)=NC1=O. The van der Waals surface area contributed by atoms with Gasteiger partial charge in [-0.2, -0.15) is 8.78 Å². The molecule has 1 amide bonds. The zero-order chi connectivity index (χ0) is 16.9. The van der Waals surface area contributed by atoms with Crippen LogP contribution in [0.2, 0.25) is 0 Å². The lowest BCUT2D eigenvalue weighted by atomic mass is 9.87. The van der Waals surface area contributed by atoms with Gasteiger partial charge in [-0.3, -0.25) is 9.78 Å². The van der Waals surface area contributed by atoms with Gasteiger partial charge in [0.05, 0.1) is 5.04 Å². The zero-order valence-electron chi connectivity index (χ0n) is 13.5. The van der Waals surface area contributed by atoms with Gasteiger partial charge in [0.1, 0.15) is 5.69 Å². The van der Waals surface area contributed by atoms with Gasteiger partial charge in [-0.05, 0) is 62.5 Å². The molecule has 3 aliphatic rings. The Kier molecular flexibility index (Phi) is 3.79. The first-order chi connectivity index (χ1) is 11.4. The van der Waals surface area contributed by atoms with Gasteiger partial charge in [-0.1, -0.05) is 24.2 Å². The number of hydrogen-bond acceptors (Lipinski definition) is 3. The second-order valence-electron chi connectivity index (χ2n) is 7.37. The van der Waals surface area contributed by atoms with Crippen LogP contribution in [0, 0.1) is 17.8 Å². The van der Waals surface area contributed by atoms with E-state index < -0.39 is 16.6 Å². The molecular weight excluding hydrogens is 330 g/mol. The van der Waals surface area contributed by atoms with Crippen molar-refractivity contribution in [3.05, 3.63) is 30.1 Å². The van der Waals surface area contributed by atoms with Crippen LogP contribution in [0.3, 0.4) is 0 Å². The number of amides is 1. The van der Waals surface area contributed by atoms with Crippen LogP contribution >= 0.6 is 11.8 Å². The minimum atomic E-state index is -3.35. The lowest BCUT2D eigenvalue weighted by molar-refractivity contribution is -0.131. The second-order valence-corrected chi connectivity index (χ2v) is 8.87. The summed E-state index contributed by atoms with van der Waals surface area (Å²) in [5.74, 6) is -2.09. The molecule has 1 aromatic heterocycles. The molecule has 2 bridgehead atoms. The Balaban J connectivity index is 1.52. The first kappa shape index (κ1) is 16.2. The quantitative estimate of drug-likeness (QED) is 0.807. The fraction of sp³-hybridized carbons (Fsp3) is 0.611. The van der Waals surface area contributed by atoms with E-state index in [1.807, 2.05) is 0 Å². The third-order valence-electron chi connectivity index (χ3n) is 5.86. The summed E-state index contributed by atoms with van der Waals surface area (Å²) in [4.78, 5) is 20.1. The maximum atomic E-state index is 15.0. The van der Waals surface area contributed by atoms with Crippen molar-refractivity contribution in [2.75, 3.05) is 0 Å². The van der Waals surface area contributed by atoms with E-state index in [1.54, 1.807) is 6.07 Å². The van der Waals surface area contributed by atoms with Crippen molar-refractivity contribution in [1.82, 2.24) is 4.98 Å². The summed E-state index contributed by atoms with van der Waals surface area (Å²) in [6.07, 6.45) is 6.96. The standard InChI is InChI=1S/C18H20F2N2OS/c1-17(18(19,20)14-4-2-3-7-21-14)16(23)22-15(24-17)10-13-9-11-5-6-12(13)8-11/h2-4,7,11-13H,5-6,8-10H2,1H3/t11-,12+,13-,17?/m1/s1. The summed E-state index contributed by atoms with van der Waals surface area (Å²) in [7, 11) is 0. The smallest absolute Gasteiger partial charge is 0.271 e. The largest absolute Gasteiger partial charge is 0.313 e. The number of pyridine rings is 1. The number of rotatable bonds is 4. The topological polar surface area (TPSA) is 42.3 Å². The number of nitrogens with zero attached hydrogens (tertiary/aromatic N) is 2. The van der Waals surface area contributed by atoms with E-state index in [4.69, 9.17) is 0 Å². The van der Waals surface area contributed by atoms with Gasteiger partial charge in [-0.15, -0.1) is 0 Å². The Morgan fingerprint density at radius 3 is 2.79 bits per heavy atom. The van der Waals surface area contributed by atoms with E-state index in [2.05, 4.69) is 9.98 Å². The molecular formula is C18H20F2N2OS. The molecule has 3 nitrogen and oxygen atoms in total. The summed E-state index contributed by atoms with van der Waals surface area (Å²) in [6, 6.07) is 4.37. The molecule has 2 aliphatic carbocycles. The van der Waals surface area contributed by atoms with Crippen molar-refractivity contribution in [2.45, 2.75) is 49.7 Å². The van der Waals surface area contributed by atoms with Crippen LogP contribution in [0.5, 0.6) is 0 Å². The van der Waals surface area contributed by atoms with Gasteiger partial charge in [0.25, 0.3) is 5.91 Å². The molecule has 128 valence electrons. The number of aromatic nitrogens is 1. The first-order valence-corrected chi connectivity index (χ1v) is 9.32. The molecule has 1 unspecified atom stereocenters. The average molecular weight is 350 g/mol. The van der Waals surface area contributed by atoms with E-state index >= 15 is 0 Å². The monoisotopic (exact) mass is 350 g/mol. The lowest BCUT2D eigenvalue weighted by Gasteiger charge is -2.30. The van der Waals surface area contributed by atoms with Crippen molar-refractivity contribution in [1.29, 1.82) is 0 Å². The molecule has 2 heterocycles. The molecule has 0 saturated heterocycles. The number of carbonyl (C=O) groups excluding carboxylic acids is 1. The molecule has 6 heteroatoms. The number of hydrogen-bond donors (Lipinski definition) is 0. The van der Waals surface area contributed by atoms with Crippen LogP contribution in [-0.2, 0) is 10.7 Å². The van der Waals surface area contributed by atoms with Crippen LogP contribution in [-0.4, -0.2) is 20.7 Å². The predicted molar refractivity (Wildman–Crippen MR) is 90.1 cm³/mol. The van der Waals surface area contributed by atoms with Crippen LogP contribution in [0.15, 0.2) is 29.4 Å². The van der Waals surface area contributed by atoms with Gasteiger partial charge in [0.2, 0.25) is 0 Å². The van der Waals surface area contributed by atoms with Crippen molar-refractivity contribution in [2.24, 2.45) is 22.7 Å². The Labute approximate surface area is 144 Å². The van der Waals surface area contributed by atoms with Crippen molar-refractivity contribution in [3.8, 4) is 0 Å². The number of alkyl halides is 2. The molecule has 0 radical (unpaired) electrons. The number of fused-ring (bicyclic) bond motifs is 2. The summed E-state index contributed by atoms with van der Waals surface area (Å²) in [5.41, 5.74) is -0.371. The third kappa shape index (κ3) is 2.41. The highest BCUT2D eigenvalue weighted by Gasteiger charge is 2.61.